The molecule has 0 aromatic rings. The van der Waals surface area contributed by atoms with Gasteiger partial charge in [0.2, 0.25) is 5.85 Å². The molecule has 1 unspecified atom stereocenters. The minimum atomic E-state index is -2.51. The molecule has 0 aliphatic heterocycles. The third-order valence-corrected chi connectivity index (χ3v) is 1.84. The lowest BCUT2D eigenvalue weighted by molar-refractivity contribution is -0.0450. The topological polar surface area (TPSA) is 20.2 Å². The van der Waals surface area contributed by atoms with Crippen molar-refractivity contribution in [2.75, 3.05) is 0 Å². The number of alkyl halides is 1. The van der Waals surface area contributed by atoms with Crippen molar-refractivity contribution in [3.8, 4) is 0 Å². The highest BCUT2D eigenvalue weighted by Gasteiger charge is 2.28. The largest absolute Gasteiger partial charge is 0.358 e. The van der Waals surface area contributed by atoms with Gasteiger partial charge in [-0.05, 0) is 28.1 Å². The number of hydrogen-bond donors (Lipinski definition) is 1. The van der Waals surface area contributed by atoms with Crippen molar-refractivity contribution in [1.82, 2.24) is 0 Å². The molecule has 1 rings (SSSR count). The van der Waals surface area contributed by atoms with Crippen molar-refractivity contribution in [3.63, 3.8) is 0 Å². The summed E-state index contributed by atoms with van der Waals surface area (Å²) in [5, 5.41) is 8.61. The maximum absolute atomic E-state index is 12.5. The van der Waals surface area contributed by atoms with Gasteiger partial charge in [-0.15, -0.1) is 0 Å². The van der Waals surface area contributed by atoms with E-state index in [2.05, 4.69) is 15.9 Å². The van der Waals surface area contributed by atoms with Crippen LogP contribution in [-0.4, -0.2) is 11.0 Å². The number of rotatable bonds is 0. The molecule has 1 atom stereocenters. The number of aliphatic hydroxyl groups is 1. The molecule has 0 fully saturated rings. The highest BCUT2D eigenvalue weighted by Crippen LogP contribution is 2.31. The molecule has 0 aromatic carbocycles. The van der Waals surface area contributed by atoms with Crippen LogP contribution in [0.25, 0.3) is 0 Å². The van der Waals surface area contributed by atoms with Crippen molar-refractivity contribution in [1.29, 1.82) is 0 Å². The van der Waals surface area contributed by atoms with Gasteiger partial charge in [0.15, 0.2) is 0 Å². The molecular weight excluding hydrogens is 206 g/mol. The molecule has 0 radical (unpaired) electrons. The number of hydrogen-bond acceptors (Lipinski definition) is 1. The van der Waals surface area contributed by atoms with E-state index >= 15 is 0 Å². The van der Waals surface area contributed by atoms with Gasteiger partial charge in [-0.2, -0.15) is 0 Å². The van der Waals surface area contributed by atoms with E-state index in [1.807, 2.05) is 0 Å². The Labute approximate surface area is 65.2 Å². The van der Waals surface area contributed by atoms with Gasteiger partial charge in [0.05, 0.1) is 6.42 Å². The minimum Gasteiger partial charge on any atom is -0.358 e. The second-order valence-corrected chi connectivity index (χ2v) is 2.94. The Morgan fingerprint density at radius 1 is 1.70 bits per heavy atom. The third kappa shape index (κ3) is 1.64. The maximum atomic E-state index is 12.5. The van der Waals surface area contributed by atoms with Crippen LogP contribution in [0.2, 0.25) is 0 Å². The van der Waals surface area contributed by atoms with Crippen LogP contribution < -0.4 is 0 Å². The normalized spacial score (nSPS) is 33.2. The van der Waals surface area contributed by atoms with Gasteiger partial charge in [0.25, 0.3) is 0 Å². The maximum Gasteiger partial charge on any atom is 0.232 e. The smallest absolute Gasteiger partial charge is 0.232 e. The van der Waals surface area contributed by atoms with Gasteiger partial charge in [0.1, 0.15) is 5.83 Å². The Morgan fingerprint density at radius 3 is 2.70 bits per heavy atom. The van der Waals surface area contributed by atoms with Gasteiger partial charge in [-0.1, -0.05) is 0 Å². The summed E-state index contributed by atoms with van der Waals surface area (Å²) in [6.45, 7) is 0. The Kier molecular flexibility index (Phi) is 1.92. The van der Waals surface area contributed by atoms with Crippen LogP contribution in [0, 0.1) is 0 Å². The highest BCUT2D eigenvalue weighted by atomic mass is 79.9. The van der Waals surface area contributed by atoms with Gasteiger partial charge < -0.3 is 5.11 Å². The fourth-order valence-electron chi connectivity index (χ4n) is 0.652. The van der Waals surface area contributed by atoms with Crippen LogP contribution >= 0.6 is 15.9 Å². The minimum absolute atomic E-state index is 0.190. The molecule has 1 aliphatic rings. The predicted octanol–water partition coefficient (Wildman–Crippen LogP) is 2.18. The summed E-state index contributed by atoms with van der Waals surface area (Å²) in [5.41, 5.74) is 0. The number of allylic oxidation sites excluding steroid dienone is 2. The summed E-state index contributed by atoms with van der Waals surface area (Å²) in [6.07, 6.45) is 1.45. The van der Waals surface area contributed by atoms with E-state index in [-0.39, 0.29) is 4.48 Å². The molecule has 0 aromatic heterocycles. The Bertz CT molecular complexity index is 208. The first kappa shape index (κ1) is 7.88. The van der Waals surface area contributed by atoms with Gasteiger partial charge in [-0.3, -0.25) is 0 Å². The molecule has 56 valence electrons. The van der Waals surface area contributed by atoms with Crippen LogP contribution in [-0.2, 0) is 0 Å². The van der Waals surface area contributed by atoms with E-state index in [0.717, 1.165) is 12.2 Å². The monoisotopic (exact) mass is 210 g/mol. The summed E-state index contributed by atoms with van der Waals surface area (Å²) < 4.78 is 25.1. The summed E-state index contributed by atoms with van der Waals surface area (Å²) in [7, 11) is 0. The standard InChI is InChI=1S/C6H5BrF2O/c7-4-1-2-6(9,10)3-5(4)8/h1-2,10H,3H2. The lowest BCUT2D eigenvalue weighted by atomic mass is 10.1. The molecule has 0 spiro atoms. The van der Waals surface area contributed by atoms with Crippen molar-refractivity contribution < 1.29 is 13.9 Å². The van der Waals surface area contributed by atoms with E-state index in [1.165, 1.54) is 0 Å². The Morgan fingerprint density at radius 2 is 2.30 bits per heavy atom. The van der Waals surface area contributed by atoms with Crippen LogP contribution in [0.15, 0.2) is 22.5 Å². The molecule has 1 aliphatic carbocycles. The fourth-order valence-corrected chi connectivity index (χ4v) is 0.925. The van der Waals surface area contributed by atoms with E-state index in [0.29, 0.717) is 0 Å². The second-order valence-electron chi connectivity index (χ2n) is 2.08. The zero-order chi connectivity index (χ0) is 7.78. The Hall–Kier alpha value is -0.220. The van der Waals surface area contributed by atoms with Crippen LogP contribution in [0.4, 0.5) is 8.78 Å². The fraction of sp³-hybridized carbons (Fsp3) is 0.333. The SMILES string of the molecule is OC1(F)C=CC(Br)=C(F)C1. The first-order valence-electron chi connectivity index (χ1n) is 2.66. The van der Waals surface area contributed by atoms with E-state index < -0.39 is 18.1 Å². The summed E-state index contributed by atoms with van der Waals surface area (Å²) in [4.78, 5) is 0. The van der Waals surface area contributed by atoms with E-state index in [1.54, 1.807) is 0 Å². The first-order chi connectivity index (χ1) is 4.51. The lowest BCUT2D eigenvalue weighted by Gasteiger charge is -2.16. The second kappa shape index (κ2) is 2.43. The van der Waals surface area contributed by atoms with Crippen molar-refractivity contribution >= 4 is 15.9 Å². The van der Waals surface area contributed by atoms with Gasteiger partial charge in [-0.25, -0.2) is 8.78 Å². The molecule has 0 saturated heterocycles. The lowest BCUT2D eigenvalue weighted by Crippen LogP contribution is -2.20. The average Bonchev–Trinajstić information content (AvgIpc) is 1.79. The van der Waals surface area contributed by atoms with Crippen molar-refractivity contribution in [3.05, 3.63) is 22.5 Å². The van der Waals surface area contributed by atoms with Crippen molar-refractivity contribution in [2.24, 2.45) is 0 Å². The third-order valence-electron chi connectivity index (χ3n) is 1.15. The molecule has 1 nitrogen and oxygen atoms in total. The first-order valence-corrected chi connectivity index (χ1v) is 3.45. The highest BCUT2D eigenvalue weighted by molar-refractivity contribution is 9.11. The Balaban J connectivity index is 2.85. The quantitative estimate of drug-likeness (QED) is 0.650. The number of halogens is 3. The molecule has 0 saturated carbocycles. The van der Waals surface area contributed by atoms with E-state index in [4.69, 9.17) is 5.11 Å². The zero-order valence-electron chi connectivity index (χ0n) is 4.94. The summed E-state index contributed by atoms with van der Waals surface area (Å²) in [6, 6.07) is 0. The van der Waals surface area contributed by atoms with Gasteiger partial charge >= 0.3 is 0 Å². The molecular formula is C6H5BrF2O. The van der Waals surface area contributed by atoms with Crippen LogP contribution in [0.5, 0.6) is 0 Å². The molecule has 4 heteroatoms. The van der Waals surface area contributed by atoms with Crippen molar-refractivity contribution in [2.45, 2.75) is 12.3 Å². The summed E-state index contributed by atoms with van der Waals surface area (Å²) >= 11 is 2.85. The molecule has 0 heterocycles. The van der Waals surface area contributed by atoms with E-state index in [9.17, 15) is 8.78 Å². The molecule has 1 N–H and O–H groups in total. The predicted molar refractivity (Wildman–Crippen MR) is 36.9 cm³/mol. The average molecular weight is 211 g/mol. The van der Waals surface area contributed by atoms with Gasteiger partial charge in [0, 0.05) is 4.48 Å². The summed E-state index contributed by atoms with van der Waals surface area (Å²) in [5.74, 6) is -3.19. The van der Waals surface area contributed by atoms with Crippen LogP contribution in [0.1, 0.15) is 6.42 Å². The van der Waals surface area contributed by atoms with Crippen LogP contribution in [0.3, 0.4) is 0 Å². The molecule has 0 amide bonds. The molecule has 0 bridgehead atoms. The molecule has 10 heavy (non-hydrogen) atoms. The zero-order valence-corrected chi connectivity index (χ0v) is 6.53.